The molecule has 0 aromatic carbocycles. The summed E-state index contributed by atoms with van der Waals surface area (Å²) in [5, 5.41) is 7.52. The van der Waals surface area contributed by atoms with Gasteiger partial charge in [-0.25, -0.2) is 9.50 Å². The van der Waals surface area contributed by atoms with Gasteiger partial charge in [0.15, 0.2) is 5.65 Å². The van der Waals surface area contributed by atoms with Crippen molar-refractivity contribution in [3.05, 3.63) is 29.2 Å². The topological polar surface area (TPSA) is 59.3 Å². The smallest absolute Gasteiger partial charge is 0.271 e. The zero-order chi connectivity index (χ0) is 14.1. The Bertz CT molecular complexity index is 641. The third kappa shape index (κ3) is 2.40. The normalized spacial score (nSPS) is 16.5. The predicted octanol–water partition coefficient (Wildman–Crippen LogP) is 2.41. The standard InChI is InChI=1S/C15H20N4O/c1-10-8-11(2)18-19-13(9-16-14(10)19)15(20)17-12-6-4-3-5-7-12/h8-9,12H,3-7H2,1-2H3,(H,17,20). The van der Waals surface area contributed by atoms with E-state index in [1.807, 2.05) is 19.9 Å². The highest BCUT2D eigenvalue weighted by Crippen LogP contribution is 2.18. The monoisotopic (exact) mass is 272 g/mol. The maximum atomic E-state index is 12.4. The first-order chi connectivity index (χ1) is 9.65. The number of hydrogen-bond donors (Lipinski definition) is 1. The summed E-state index contributed by atoms with van der Waals surface area (Å²) in [4.78, 5) is 16.7. The maximum Gasteiger partial charge on any atom is 0.271 e. The summed E-state index contributed by atoms with van der Waals surface area (Å²) in [6, 6.07) is 2.28. The van der Waals surface area contributed by atoms with Crippen molar-refractivity contribution in [2.75, 3.05) is 0 Å². The van der Waals surface area contributed by atoms with Gasteiger partial charge in [0.05, 0.1) is 11.9 Å². The first-order valence-electron chi connectivity index (χ1n) is 7.28. The van der Waals surface area contributed by atoms with Crippen LogP contribution in [0, 0.1) is 13.8 Å². The Labute approximate surface area is 118 Å². The lowest BCUT2D eigenvalue weighted by Crippen LogP contribution is -2.36. The van der Waals surface area contributed by atoms with Gasteiger partial charge < -0.3 is 5.32 Å². The van der Waals surface area contributed by atoms with E-state index in [4.69, 9.17) is 0 Å². The van der Waals surface area contributed by atoms with E-state index in [1.54, 1.807) is 10.7 Å². The van der Waals surface area contributed by atoms with Crippen molar-refractivity contribution in [1.82, 2.24) is 19.9 Å². The van der Waals surface area contributed by atoms with Crippen molar-refractivity contribution in [2.24, 2.45) is 0 Å². The van der Waals surface area contributed by atoms with E-state index in [-0.39, 0.29) is 5.91 Å². The van der Waals surface area contributed by atoms with Crippen LogP contribution in [0.1, 0.15) is 53.8 Å². The average Bonchev–Trinajstić information content (AvgIpc) is 2.84. The van der Waals surface area contributed by atoms with Crippen molar-refractivity contribution < 1.29 is 4.79 Å². The van der Waals surface area contributed by atoms with E-state index in [0.717, 1.165) is 29.7 Å². The molecule has 0 aliphatic heterocycles. The lowest BCUT2D eigenvalue weighted by atomic mass is 9.95. The van der Waals surface area contributed by atoms with Crippen LogP contribution >= 0.6 is 0 Å². The molecular weight excluding hydrogens is 252 g/mol. The fourth-order valence-electron chi connectivity index (χ4n) is 2.94. The van der Waals surface area contributed by atoms with Crippen LogP contribution in [-0.2, 0) is 0 Å². The Balaban J connectivity index is 1.87. The van der Waals surface area contributed by atoms with Crippen molar-refractivity contribution in [1.29, 1.82) is 0 Å². The van der Waals surface area contributed by atoms with Gasteiger partial charge in [0.2, 0.25) is 0 Å². The highest BCUT2D eigenvalue weighted by molar-refractivity contribution is 5.93. The van der Waals surface area contributed by atoms with E-state index < -0.39 is 0 Å². The summed E-state index contributed by atoms with van der Waals surface area (Å²) in [7, 11) is 0. The molecule has 1 saturated carbocycles. The zero-order valence-corrected chi connectivity index (χ0v) is 12.0. The lowest BCUT2D eigenvalue weighted by Gasteiger charge is -2.22. The second kappa shape index (κ2) is 5.23. The van der Waals surface area contributed by atoms with Gasteiger partial charge in [-0.3, -0.25) is 4.79 Å². The molecule has 2 heterocycles. The largest absolute Gasteiger partial charge is 0.348 e. The van der Waals surface area contributed by atoms with Crippen molar-refractivity contribution >= 4 is 11.6 Å². The summed E-state index contributed by atoms with van der Waals surface area (Å²) in [6.07, 6.45) is 7.46. The second-order valence-electron chi connectivity index (χ2n) is 5.66. The second-order valence-corrected chi connectivity index (χ2v) is 5.66. The molecule has 1 aliphatic rings. The van der Waals surface area contributed by atoms with E-state index in [9.17, 15) is 4.79 Å². The Morgan fingerprint density at radius 3 is 2.80 bits per heavy atom. The first-order valence-corrected chi connectivity index (χ1v) is 7.28. The number of nitrogens with zero attached hydrogens (tertiary/aromatic N) is 3. The van der Waals surface area contributed by atoms with Crippen molar-refractivity contribution in [3.63, 3.8) is 0 Å². The molecule has 1 amide bonds. The molecule has 1 aliphatic carbocycles. The van der Waals surface area contributed by atoms with Crippen LogP contribution in [0.15, 0.2) is 12.3 Å². The molecule has 0 bridgehead atoms. The Morgan fingerprint density at radius 1 is 1.30 bits per heavy atom. The number of nitrogens with one attached hydrogen (secondary N) is 1. The van der Waals surface area contributed by atoms with Crippen LogP contribution in [-0.4, -0.2) is 26.5 Å². The van der Waals surface area contributed by atoms with Crippen LogP contribution in [0.4, 0.5) is 0 Å². The average molecular weight is 272 g/mol. The van der Waals surface area contributed by atoms with Gasteiger partial charge in [-0.15, -0.1) is 0 Å². The van der Waals surface area contributed by atoms with Crippen LogP contribution < -0.4 is 5.32 Å². The number of carbonyl (C=O) groups is 1. The van der Waals surface area contributed by atoms with Gasteiger partial charge in [0.25, 0.3) is 5.91 Å². The highest BCUT2D eigenvalue weighted by Gasteiger charge is 2.20. The SMILES string of the molecule is Cc1cc(C)c2ncc(C(=O)NC3CCCCC3)n2n1. The first kappa shape index (κ1) is 13.1. The molecule has 5 heteroatoms. The number of hydrogen-bond acceptors (Lipinski definition) is 3. The maximum absolute atomic E-state index is 12.4. The minimum absolute atomic E-state index is 0.0677. The number of imidazole rings is 1. The molecule has 106 valence electrons. The summed E-state index contributed by atoms with van der Waals surface area (Å²) >= 11 is 0. The number of amides is 1. The molecule has 0 atom stereocenters. The van der Waals surface area contributed by atoms with Crippen LogP contribution in [0.25, 0.3) is 5.65 Å². The van der Waals surface area contributed by atoms with Crippen molar-refractivity contribution in [2.45, 2.75) is 52.0 Å². The number of fused-ring (bicyclic) bond motifs is 1. The molecule has 2 aromatic rings. The molecule has 5 nitrogen and oxygen atoms in total. The van der Waals surface area contributed by atoms with Gasteiger partial charge in [0, 0.05) is 6.04 Å². The van der Waals surface area contributed by atoms with E-state index in [2.05, 4.69) is 15.4 Å². The molecule has 0 unspecified atom stereocenters. The fourth-order valence-corrected chi connectivity index (χ4v) is 2.94. The Hall–Kier alpha value is -1.91. The Kier molecular flexibility index (Phi) is 3.42. The molecule has 0 radical (unpaired) electrons. The van der Waals surface area contributed by atoms with Gasteiger partial charge in [-0.2, -0.15) is 5.10 Å². The van der Waals surface area contributed by atoms with E-state index >= 15 is 0 Å². The molecule has 1 fully saturated rings. The molecule has 3 rings (SSSR count). The predicted molar refractivity (Wildman–Crippen MR) is 76.8 cm³/mol. The third-order valence-electron chi connectivity index (χ3n) is 3.95. The van der Waals surface area contributed by atoms with Crippen LogP contribution in [0.3, 0.4) is 0 Å². The van der Waals surface area contributed by atoms with Crippen LogP contribution in [0.2, 0.25) is 0 Å². The lowest BCUT2D eigenvalue weighted by molar-refractivity contribution is 0.0920. The quantitative estimate of drug-likeness (QED) is 0.913. The number of aromatic nitrogens is 3. The molecule has 20 heavy (non-hydrogen) atoms. The molecule has 2 aromatic heterocycles. The van der Waals surface area contributed by atoms with Gasteiger partial charge in [-0.1, -0.05) is 19.3 Å². The third-order valence-corrected chi connectivity index (χ3v) is 3.95. The van der Waals surface area contributed by atoms with E-state index in [1.165, 1.54) is 19.3 Å². The van der Waals surface area contributed by atoms with Gasteiger partial charge >= 0.3 is 0 Å². The summed E-state index contributed by atoms with van der Waals surface area (Å²) in [5.41, 5.74) is 3.20. The minimum atomic E-state index is -0.0677. The minimum Gasteiger partial charge on any atom is -0.348 e. The summed E-state index contributed by atoms with van der Waals surface area (Å²) < 4.78 is 1.66. The number of rotatable bonds is 2. The van der Waals surface area contributed by atoms with Gasteiger partial charge in [0.1, 0.15) is 5.69 Å². The molecule has 1 N–H and O–H groups in total. The number of aryl methyl sites for hydroxylation is 2. The van der Waals surface area contributed by atoms with Gasteiger partial charge in [-0.05, 0) is 38.3 Å². The highest BCUT2D eigenvalue weighted by atomic mass is 16.2. The molecular formula is C15H20N4O. The summed E-state index contributed by atoms with van der Waals surface area (Å²) in [6.45, 7) is 3.91. The Morgan fingerprint density at radius 2 is 2.05 bits per heavy atom. The fraction of sp³-hybridized carbons (Fsp3) is 0.533. The van der Waals surface area contributed by atoms with Crippen molar-refractivity contribution in [3.8, 4) is 0 Å². The van der Waals surface area contributed by atoms with Crippen LogP contribution in [0.5, 0.6) is 0 Å². The molecule has 0 spiro atoms. The zero-order valence-electron chi connectivity index (χ0n) is 12.0. The van der Waals surface area contributed by atoms with E-state index in [0.29, 0.717) is 11.7 Å². The number of carbonyl (C=O) groups excluding carboxylic acids is 1. The molecule has 0 saturated heterocycles. The summed E-state index contributed by atoms with van der Waals surface area (Å²) in [5.74, 6) is -0.0677.